The molecule has 3 heteroatoms. The highest BCUT2D eigenvalue weighted by molar-refractivity contribution is 4.86. The van der Waals surface area contributed by atoms with Gasteiger partial charge in [0.15, 0.2) is 0 Å². The fourth-order valence-corrected chi connectivity index (χ4v) is 0.680. The number of hydrogen-bond acceptors (Lipinski definition) is 3. The molecule has 0 bridgehead atoms. The maximum absolute atomic E-state index is 9.46. The predicted octanol–water partition coefficient (Wildman–Crippen LogP) is 0.987. The molecule has 0 amide bonds. The molecule has 0 atom stereocenters. The summed E-state index contributed by atoms with van der Waals surface area (Å²) in [7, 11) is 0. The zero-order chi connectivity index (χ0) is 9.07. The van der Waals surface area contributed by atoms with Gasteiger partial charge in [-0.05, 0) is 13.8 Å². The SMILES string of the molecule is [3H]NCC(C)(C)N(O)[C-](C)C. The Hall–Kier alpha value is -0.120. The van der Waals surface area contributed by atoms with Crippen LogP contribution in [0.4, 0.5) is 0 Å². The van der Waals surface area contributed by atoms with Crippen molar-refractivity contribution in [1.29, 1.82) is 0 Å². The second kappa shape index (κ2) is 3.32. The van der Waals surface area contributed by atoms with Crippen molar-refractivity contribution in [3.8, 4) is 0 Å². The van der Waals surface area contributed by atoms with E-state index in [0.717, 1.165) is 6.04 Å². The first kappa shape index (κ1) is 7.98. The minimum Gasteiger partial charge on any atom is -0.344 e. The van der Waals surface area contributed by atoms with E-state index in [1.54, 1.807) is 0 Å². The Balaban J connectivity index is 4.05. The minimum absolute atomic E-state index is 0.416. The van der Waals surface area contributed by atoms with Crippen LogP contribution in [-0.2, 0) is 0 Å². The fourth-order valence-electron chi connectivity index (χ4n) is 0.680. The third-order valence-corrected chi connectivity index (χ3v) is 1.43. The van der Waals surface area contributed by atoms with E-state index in [9.17, 15) is 5.21 Å². The second-order valence-electron chi connectivity index (χ2n) is 3.25. The summed E-state index contributed by atoms with van der Waals surface area (Å²) < 4.78 is 6.80. The lowest BCUT2D eigenvalue weighted by atomic mass is 10.0. The van der Waals surface area contributed by atoms with Crippen LogP contribution in [0.1, 0.15) is 27.7 Å². The van der Waals surface area contributed by atoms with Crippen LogP contribution in [0.15, 0.2) is 0 Å². The van der Waals surface area contributed by atoms with Crippen molar-refractivity contribution in [1.82, 2.24) is 5.06 Å². The van der Waals surface area contributed by atoms with Gasteiger partial charge in [-0.15, -0.1) is 0 Å². The molecule has 0 aromatic rings. The molecule has 0 aliphatic heterocycles. The maximum Gasteiger partial charge on any atom is 0.118 e. The number of nitrogens with zero attached hydrogens (tertiary/aromatic N) is 1. The molecule has 0 heterocycles. The van der Waals surface area contributed by atoms with Crippen LogP contribution in [0.3, 0.4) is 0 Å². The molecule has 62 valence electrons. The van der Waals surface area contributed by atoms with Gasteiger partial charge in [-0.25, -0.2) is 6.04 Å². The molecule has 3 N–H and O–H groups in total. The molecular formula is C7H17N2O-. The van der Waals surface area contributed by atoms with E-state index in [-0.39, 0.29) is 0 Å². The van der Waals surface area contributed by atoms with E-state index in [1.165, 1.54) is 5.06 Å². The van der Waals surface area contributed by atoms with Crippen LogP contribution < -0.4 is 5.73 Å². The monoisotopic (exact) mass is 147 g/mol. The summed E-state index contributed by atoms with van der Waals surface area (Å²) in [6.45, 7) is 7.80. The first-order valence-corrected chi connectivity index (χ1v) is 3.35. The summed E-state index contributed by atoms with van der Waals surface area (Å²) in [5.74, 6) is 0. The van der Waals surface area contributed by atoms with Gasteiger partial charge in [-0.2, -0.15) is 13.8 Å². The van der Waals surface area contributed by atoms with Crippen molar-refractivity contribution in [3.05, 3.63) is 6.04 Å². The molecular weight excluding hydrogens is 128 g/mol. The van der Waals surface area contributed by atoms with Crippen molar-refractivity contribution in [2.45, 2.75) is 33.2 Å². The number of rotatable bonds is 4. The summed E-state index contributed by atoms with van der Waals surface area (Å²) in [6, 6.07) is 0.824. The summed E-state index contributed by atoms with van der Waals surface area (Å²) in [5.41, 5.74) is 1.86. The van der Waals surface area contributed by atoms with E-state index in [0.29, 0.717) is 6.54 Å². The lowest BCUT2D eigenvalue weighted by molar-refractivity contribution is -0.148. The van der Waals surface area contributed by atoms with E-state index < -0.39 is 5.54 Å². The number of hydroxylamine groups is 2. The molecule has 0 aliphatic rings. The third kappa shape index (κ3) is 2.25. The van der Waals surface area contributed by atoms with Gasteiger partial charge in [0.05, 0.1) is 0 Å². The van der Waals surface area contributed by atoms with Crippen molar-refractivity contribution in [2.75, 3.05) is 6.54 Å². The normalized spacial score (nSPS) is 14.5. The summed E-state index contributed by atoms with van der Waals surface area (Å²) in [5, 5.41) is 10.6. The molecule has 0 radical (unpaired) electrons. The van der Waals surface area contributed by atoms with Crippen molar-refractivity contribution in [3.63, 3.8) is 0 Å². The Morgan fingerprint density at radius 3 is 2.50 bits per heavy atom. The van der Waals surface area contributed by atoms with Crippen LogP contribution in [-0.4, -0.2) is 22.4 Å². The smallest absolute Gasteiger partial charge is 0.118 e. The molecule has 0 saturated carbocycles. The predicted molar refractivity (Wildman–Crippen MR) is 41.3 cm³/mol. The topological polar surface area (TPSA) is 49.5 Å². The van der Waals surface area contributed by atoms with Gasteiger partial charge < -0.3 is 16.0 Å². The van der Waals surface area contributed by atoms with Gasteiger partial charge in [0.2, 0.25) is 0 Å². The van der Waals surface area contributed by atoms with Crippen molar-refractivity contribution >= 4 is 0 Å². The maximum atomic E-state index is 9.46. The highest BCUT2D eigenvalue weighted by atomic mass is 16.5. The summed E-state index contributed by atoms with van der Waals surface area (Å²) in [4.78, 5) is 0. The largest absolute Gasteiger partial charge is 0.344 e. The lowest BCUT2D eigenvalue weighted by Crippen LogP contribution is -2.47. The Kier molecular flexibility index (Phi) is 2.65. The van der Waals surface area contributed by atoms with Gasteiger partial charge in [0, 0.05) is 12.1 Å². The summed E-state index contributed by atoms with van der Waals surface area (Å²) in [6.07, 6.45) is 0. The quantitative estimate of drug-likeness (QED) is 0.460. The molecule has 0 saturated heterocycles. The molecule has 10 heavy (non-hydrogen) atoms. The minimum atomic E-state index is -0.416. The van der Waals surface area contributed by atoms with E-state index in [4.69, 9.17) is 1.41 Å². The first-order chi connectivity index (χ1) is 4.91. The molecule has 0 aliphatic carbocycles. The fraction of sp³-hybridized carbons (Fsp3) is 0.857. The highest BCUT2D eigenvalue weighted by Gasteiger charge is 2.18. The molecule has 0 rings (SSSR count). The van der Waals surface area contributed by atoms with Crippen molar-refractivity contribution < 1.29 is 6.62 Å². The number of hydrogen-bond donors (Lipinski definition) is 2. The second-order valence-corrected chi connectivity index (χ2v) is 3.25. The third-order valence-electron chi connectivity index (χ3n) is 1.43. The molecule has 0 aromatic heterocycles. The highest BCUT2D eigenvalue weighted by Crippen LogP contribution is 2.16. The zero-order valence-electron chi connectivity index (χ0n) is 8.10. The molecule has 0 fully saturated rings. The molecule has 0 aromatic carbocycles. The van der Waals surface area contributed by atoms with E-state index in [1.807, 2.05) is 27.7 Å². The Bertz CT molecular complexity index is 117. The standard InChI is InChI=1S/C7H17N2O/c1-6(2)9(10)7(3,4)5-8/h10H,5,8H2,1-4H3/q-1/i/hT. The average molecular weight is 147 g/mol. The summed E-state index contributed by atoms with van der Waals surface area (Å²) >= 11 is 0. The Morgan fingerprint density at radius 1 is 1.70 bits per heavy atom. The van der Waals surface area contributed by atoms with E-state index in [2.05, 4.69) is 5.73 Å². The van der Waals surface area contributed by atoms with Gasteiger partial charge in [-0.1, -0.05) is 0 Å². The van der Waals surface area contributed by atoms with Crippen molar-refractivity contribution in [2.24, 2.45) is 5.73 Å². The van der Waals surface area contributed by atoms with Crippen LogP contribution in [0.25, 0.3) is 0 Å². The number of nitrogens with two attached hydrogens (primary N) is 1. The average Bonchev–Trinajstić information content (AvgIpc) is 1.86. The van der Waals surface area contributed by atoms with Crippen LogP contribution in [0.5, 0.6) is 0 Å². The molecule has 0 spiro atoms. The Morgan fingerprint density at radius 2 is 2.20 bits per heavy atom. The molecule has 0 unspecified atom stereocenters. The van der Waals surface area contributed by atoms with Crippen LogP contribution in [0, 0.1) is 6.04 Å². The Labute approximate surface area is 64.2 Å². The van der Waals surface area contributed by atoms with Crippen LogP contribution >= 0.6 is 0 Å². The van der Waals surface area contributed by atoms with Crippen LogP contribution in [0.2, 0.25) is 1.41 Å². The zero-order valence-corrected chi connectivity index (χ0v) is 7.10. The van der Waals surface area contributed by atoms with Gasteiger partial charge in [0.25, 0.3) is 0 Å². The van der Waals surface area contributed by atoms with Gasteiger partial charge in [-0.3, -0.25) is 0 Å². The van der Waals surface area contributed by atoms with Gasteiger partial charge >= 0.3 is 0 Å². The van der Waals surface area contributed by atoms with Gasteiger partial charge in [0.1, 0.15) is 1.41 Å². The van der Waals surface area contributed by atoms with E-state index >= 15 is 0 Å². The molecule has 3 nitrogen and oxygen atoms in total. The lowest BCUT2D eigenvalue weighted by Gasteiger charge is -2.44. The first-order valence-electron chi connectivity index (χ1n) is 3.85.